The van der Waals surface area contributed by atoms with Crippen molar-refractivity contribution in [3.63, 3.8) is 0 Å². The summed E-state index contributed by atoms with van der Waals surface area (Å²) in [7, 11) is 0. The molecule has 4 rings (SSSR count). The summed E-state index contributed by atoms with van der Waals surface area (Å²) in [4.78, 5) is 0. The molecule has 0 amide bonds. The third-order valence-electron chi connectivity index (χ3n) is 6.21. The maximum absolute atomic E-state index is 13.3. The Kier molecular flexibility index (Phi) is 4.18. The first-order chi connectivity index (χ1) is 12.6. The molecular formula is C19H24F3N3O2. The Bertz CT molecular complexity index is 845. The van der Waals surface area contributed by atoms with E-state index in [0.29, 0.717) is 29.3 Å². The monoisotopic (exact) mass is 383 g/mol. The van der Waals surface area contributed by atoms with Gasteiger partial charge >= 0.3 is 6.18 Å². The van der Waals surface area contributed by atoms with Crippen LogP contribution in [0.5, 0.6) is 0 Å². The van der Waals surface area contributed by atoms with Gasteiger partial charge in [-0.1, -0.05) is 19.0 Å². The van der Waals surface area contributed by atoms with Crippen LogP contribution in [0, 0.1) is 5.92 Å². The Morgan fingerprint density at radius 2 is 1.85 bits per heavy atom. The van der Waals surface area contributed by atoms with Crippen LogP contribution in [0.15, 0.2) is 10.7 Å². The second-order valence-corrected chi connectivity index (χ2v) is 8.31. The van der Waals surface area contributed by atoms with Gasteiger partial charge < -0.3 is 9.63 Å². The maximum atomic E-state index is 13.3. The summed E-state index contributed by atoms with van der Waals surface area (Å²) < 4.78 is 47.3. The first kappa shape index (κ1) is 18.5. The minimum Gasteiger partial charge on any atom is -0.375 e. The molecule has 2 aliphatic rings. The highest BCUT2D eigenvalue weighted by Gasteiger charge is 2.55. The van der Waals surface area contributed by atoms with Crippen molar-refractivity contribution >= 4 is 0 Å². The van der Waals surface area contributed by atoms with E-state index >= 15 is 0 Å². The molecule has 5 nitrogen and oxygen atoms in total. The zero-order valence-corrected chi connectivity index (χ0v) is 15.7. The van der Waals surface area contributed by atoms with E-state index < -0.39 is 17.5 Å². The third-order valence-corrected chi connectivity index (χ3v) is 6.21. The van der Waals surface area contributed by atoms with Gasteiger partial charge in [0.15, 0.2) is 5.76 Å². The van der Waals surface area contributed by atoms with E-state index in [0.717, 1.165) is 44.2 Å². The van der Waals surface area contributed by atoms with E-state index in [9.17, 15) is 18.3 Å². The number of aromatic nitrogens is 3. The molecule has 2 aromatic rings. The molecule has 0 aliphatic heterocycles. The average Bonchev–Trinajstić information content (AvgIpc) is 3.19. The molecule has 2 heterocycles. The fourth-order valence-corrected chi connectivity index (χ4v) is 4.41. The normalized spacial score (nSPS) is 27.7. The van der Waals surface area contributed by atoms with E-state index in [1.54, 1.807) is 6.20 Å². The summed E-state index contributed by atoms with van der Waals surface area (Å²) in [6.07, 6.45) is 1.80. The lowest BCUT2D eigenvalue weighted by Crippen LogP contribution is -2.40. The molecule has 0 spiro atoms. The van der Waals surface area contributed by atoms with Crippen molar-refractivity contribution in [2.45, 2.75) is 76.6 Å². The second-order valence-electron chi connectivity index (χ2n) is 8.31. The number of halogens is 3. The van der Waals surface area contributed by atoms with Crippen LogP contribution in [0.1, 0.15) is 75.4 Å². The van der Waals surface area contributed by atoms with E-state index in [1.165, 1.54) is 0 Å². The quantitative estimate of drug-likeness (QED) is 0.815. The van der Waals surface area contributed by atoms with Crippen LogP contribution < -0.4 is 0 Å². The molecule has 0 unspecified atom stereocenters. The van der Waals surface area contributed by atoms with E-state index in [2.05, 4.69) is 17.2 Å². The van der Waals surface area contributed by atoms with Crippen LogP contribution in [-0.2, 0) is 12.0 Å². The van der Waals surface area contributed by atoms with Gasteiger partial charge in [-0.15, -0.1) is 0 Å². The van der Waals surface area contributed by atoms with Gasteiger partial charge in [-0.3, -0.25) is 4.68 Å². The van der Waals surface area contributed by atoms with Gasteiger partial charge in [0.2, 0.25) is 5.60 Å². The van der Waals surface area contributed by atoms with Crippen LogP contribution >= 0.6 is 0 Å². The van der Waals surface area contributed by atoms with Gasteiger partial charge in [-0.05, 0) is 50.9 Å². The van der Waals surface area contributed by atoms with Crippen molar-refractivity contribution in [3.8, 4) is 11.3 Å². The number of alkyl halides is 3. The van der Waals surface area contributed by atoms with Gasteiger partial charge in [0, 0.05) is 5.56 Å². The highest BCUT2D eigenvalue weighted by atomic mass is 19.4. The standard InChI is InChI=1S/C19H24F3N3O2/c1-10-4-6-12(7-5-10)25-14-8-11(2)15-16(13(14)9-23-25)27-24-17(15)18(3,26)19(20,21)22/h9-12,26H,4-8H2,1-3H3/t10?,11-,12?,18+/m1/s1. The Morgan fingerprint density at radius 3 is 2.48 bits per heavy atom. The van der Waals surface area contributed by atoms with Crippen molar-refractivity contribution in [2.75, 3.05) is 0 Å². The number of rotatable bonds is 2. The summed E-state index contributed by atoms with van der Waals surface area (Å²) in [6, 6.07) is 0.319. The number of fused-ring (bicyclic) bond motifs is 3. The van der Waals surface area contributed by atoms with E-state index in [1.807, 2.05) is 11.6 Å². The summed E-state index contributed by atoms with van der Waals surface area (Å²) in [5.74, 6) is 0.777. The fraction of sp³-hybridized carbons (Fsp3) is 0.684. The second kappa shape index (κ2) is 6.09. The number of hydrogen-bond acceptors (Lipinski definition) is 4. The number of hydrogen-bond donors (Lipinski definition) is 1. The molecule has 8 heteroatoms. The molecule has 27 heavy (non-hydrogen) atoms. The molecule has 2 aromatic heterocycles. The third kappa shape index (κ3) is 2.80. The van der Waals surface area contributed by atoms with Crippen LogP contribution in [0.25, 0.3) is 11.3 Å². The van der Waals surface area contributed by atoms with Crippen LogP contribution in [0.4, 0.5) is 13.2 Å². The molecule has 1 saturated carbocycles. The summed E-state index contributed by atoms with van der Waals surface area (Å²) in [5.41, 5.74) is -1.47. The molecule has 1 N–H and O–H groups in total. The Balaban J connectivity index is 1.75. The van der Waals surface area contributed by atoms with Crippen molar-refractivity contribution in [1.29, 1.82) is 0 Å². The topological polar surface area (TPSA) is 64.1 Å². The first-order valence-electron chi connectivity index (χ1n) is 9.47. The SMILES string of the molecule is CC1CCC(n2ncc3c2C[C@@H](C)c2c([C@](C)(O)C(F)(F)F)noc2-3)CC1. The molecule has 2 aliphatic carbocycles. The lowest BCUT2D eigenvalue weighted by molar-refractivity contribution is -0.261. The zero-order chi connectivity index (χ0) is 19.6. The summed E-state index contributed by atoms with van der Waals surface area (Å²) in [5, 5.41) is 18.3. The molecule has 2 atom stereocenters. The fourth-order valence-electron chi connectivity index (χ4n) is 4.41. The highest BCUT2D eigenvalue weighted by molar-refractivity contribution is 5.68. The van der Waals surface area contributed by atoms with E-state index in [4.69, 9.17) is 4.52 Å². The molecule has 148 valence electrons. The minimum absolute atomic E-state index is 0.250. The summed E-state index contributed by atoms with van der Waals surface area (Å²) >= 11 is 0. The van der Waals surface area contributed by atoms with Gasteiger partial charge in [-0.2, -0.15) is 18.3 Å². The Morgan fingerprint density at radius 1 is 1.19 bits per heavy atom. The van der Waals surface area contributed by atoms with Gasteiger partial charge in [0.05, 0.1) is 23.5 Å². The predicted octanol–water partition coefficient (Wildman–Crippen LogP) is 4.72. The lowest BCUT2D eigenvalue weighted by Gasteiger charge is -2.30. The van der Waals surface area contributed by atoms with Crippen molar-refractivity contribution < 1.29 is 22.8 Å². The molecular weight excluding hydrogens is 359 g/mol. The smallest absolute Gasteiger partial charge is 0.375 e. The maximum Gasteiger partial charge on any atom is 0.422 e. The summed E-state index contributed by atoms with van der Waals surface area (Å²) in [6.45, 7) is 4.82. The average molecular weight is 383 g/mol. The Labute approximate surface area is 155 Å². The predicted molar refractivity (Wildman–Crippen MR) is 92.1 cm³/mol. The van der Waals surface area contributed by atoms with Crippen LogP contribution in [-0.4, -0.2) is 26.2 Å². The first-order valence-corrected chi connectivity index (χ1v) is 9.47. The molecule has 0 radical (unpaired) electrons. The van der Waals surface area contributed by atoms with E-state index in [-0.39, 0.29) is 5.92 Å². The molecule has 0 bridgehead atoms. The number of nitrogens with zero attached hydrogens (tertiary/aromatic N) is 3. The minimum atomic E-state index is -4.83. The zero-order valence-electron chi connectivity index (χ0n) is 15.7. The van der Waals surface area contributed by atoms with Crippen LogP contribution in [0.2, 0.25) is 0 Å². The lowest BCUT2D eigenvalue weighted by atomic mass is 9.81. The Hall–Kier alpha value is -1.83. The largest absolute Gasteiger partial charge is 0.422 e. The van der Waals surface area contributed by atoms with Gasteiger partial charge in [0.1, 0.15) is 5.69 Å². The molecule has 0 saturated heterocycles. The molecule has 1 fully saturated rings. The van der Waals surface area contributed by atoms with Crippen molar-refractivity contribution in [3.05, 3.63) is 23.1 Å². The van der Waals surface area contributed by atoms with Crippen molar-refractivity contribution in [2.24, 2.45) is 5.92 Å². The highest BCUT2D eigenvalue weighted by Crippen LogP contribution is 2.48. The van der Waals surface area contributed by atoms with Gasteiger partial charge in [-0.25, -0.2) is 0 Å². The van der Waals surface area contributed by atoms with Crippen LogP contribution in [0.3, 0.4) is 0 Å². The van der Waals surface area contributed by atoms with Crippen molar-refractivity contribution in [1.82, 2.24) is 14.9 Å². The molecule has 0 aromatic carbocycles. The van der Waals surface area contributed by atoms with Gasteiger partial charge in [0.25, 0.3) is 0 Å². The number of aliphatic hydroxyl groups is 1.